The van der Waals surface area contributed by atoms with E-state index in [1.54, 1.807) is 55.6 Å². The number of halogens is 1. The summed E-state index contributed by atoms with van der Waals surface area (Å²) in [5.74, 6) is -1.18. The SMILES string of the molecule is CCC(=O)C(=O)Nc1cccc(-c2c[nH]c3ncc(NC(=O)OC(F)c4ccccc4)cc23)c1. The van der Waals surface area contributed by atoms with Crippen LogP contribution in [0.3, 0.4) is 0 Å². The molecule has 0 spiro atoms. The minimum atomic E-state index is -1.90. The maximum Gasteiger partial charge on any atom is 0.414 e. The van der Waals surface area contributed by atoms with E-state index in [2.05, 4.69) is 20.6 Å². The second-order valence-electron chi connectivity index (χ2n) is 7.39. The summed E-state index contributed by atoms with van der Waals surface area (Å²) in [6.07, 6.45) is 0.419. The van der Waals surface area contributed by atoms with Gasteiger partial charge in [-0.2, -0.15) is 4.39 Å². The Morgan fingerprint density at radius 2 is 1.82 bits per heavy atom. The third-order valence-electron chi connectivity index (χ3n) is 5.06. The molecule has 0 radical (unpaired) electrons. The van der Waals surface area contributed by atoms with Gasteiger partial charge in [0.2, 0.25) is 5.78 Å². The van der Waals surface area contributed by atoms with Crippen molar-refractivity contribution in [2.45, 2.75) is 19.7 Å². The maximum absolute atomic E-state index is 14.2. The largest absolute Gasteiger partial charge is 0.414 e. The monoisotopic (exact) mass is 460 g/mol. The zero-order valence-electron chi connectivity index (χ0n) is 18.2. The first kappa shape index (κ1) is 22.7. The standard InChI is InChI=1S/C25H21FN4O4/c1-2-21(31)24(32)29-17-10-6-9-16(11-17)20-14-28-23-19(20)12-18(13-27-23)30-25(33)34-22(26)15-7-4-3-5-8-15/h3-14,22H,2H2,1H3,(H,27,28)(H,29,32)(H,30,33). The number of H-pyrrole nitrogens is 1. The van der Waals surface area contributed by atoms with E-state index in [0.29, 0.717) is 22.4 Å². The van der Waals surface area contributed by atoms with E-state index < -0.39 is 24.1 Å². The number of carbonyl (C=O) groups excluding carboxylic acids is 3. The Balaban J connectivity index is 1.53. The third kappa shape index (κ3) is 5.09. The molecule has 2 aromatic heterocycles. The fourth-order valence-electron chi connectivity index (χ4n) is 3.35. The van der Waals surface area contributed by atoms with Crippen molar-refractivity contribution >= 4 is 40.2 Å². The molecule has 3 N–H and O–H groups in total. The second kappa shape index (κ2) is 9.95. The number of nitrogens with zero attached hydrogens (tertiary/aromatic N) is 1. The lowest BCUT2D eigenvalue weighted by molar-refractivity contribution is -0.134. The molecule has 0 aliphatic carbocycles. The summed E-state index contributed by atoms with van der Waals surface area (Å²) in [4.78, 5) is 43.0. The van der Waals surface area contributed by atoms with Crippen LogP contribution in [-0.4, -0.2) is 27.8 Å². The van der Waals surface area contributed by atoms with Gasteiger partial charge in [-0.3, -0.25) is 14.9 Å². The van der Waals surface area contributed by atoms with Crippen LogP contribution in [-0.2, 0) is 14.3 Å². The van der Waals surface area contributed by atoms with Crippen molar-refractivity contribution in [3.8, 4) is 11.1 Å². The van der Waals surface area contributed by atoms with Crippen molar-refractivity contribution in [3.63, 3.8) is 0 Å². The number of hydrogen-bond donors (Lipinski definition) is 3. The van der Waals surface area contributed by atoms with Gasteiger partial charge in [0.05, 0.1) is 11.9 Å². The van der Waals surface area contributed by atoms with E-state index in [4.69, 9.17) is 4.74 Å². The van der Waals surface area contributed by atoms with E-state index in [0.717, 1.165) is 11.1 Å². The summed E-state index contributed by atoms with van der Waals surface area (Å²) in [5, 5.41) is 5.76. The molecule has 0 saturated carbocycles. The van der Waals surface area contributed by atoms with E-state index in [9.17, 15) is 18.8 Å². The van der Waals surface area contributed by atoms with Gasteiger partial charge in [-0.1, -0.05) is 49.4 Å². The number of nitrogens with one attached hydrogen (secondary N) is 3. The van der Waals surface area contributed by atoms with Gasteiger partial charge in [-0.25, -0.2) is 9.78 Å². The Bertz CT molecular complexity index is 1350. The number of amides is 2. The lowest BCUT2D eigenvalue weighted by Crippen LogP contribution is -2.21. The van der Waals surface area contributed by atoms with Crippen LogP contribution in [0.5, 0.6) is 0 Å². The number of Topliss-reactive ketones (excluding diaryl/α,β-unsaturated/α-hetero) is 1. The number of hydrogen-bond acceptors (Lipinski definition) is 5. The van der Waals surface area contributed by atoms with Crippen LogP contribution in [0.2, 0.25) is 0 Å². The number of benzene rings is 2. The molecule has 172 valence electrons. The van der Waals surface area contributed by atoms with Gasteiger partial charge in [0, 0.05) is 34.8 Å². The Hall–Kier alpha value is -4.53. The summed E-state index contributed by atoms with van der Waals surface area (Å²) in [6.45, 7) is 1.62. The molecule has 4 aromatic rings. The molecular formula is C25H21FN4O4. The average Bonchev–Trinajstić information content (AvgIpc) is 3.27. The lowest BCUT2D eigenvalue weighted by atomic mass is 10.0. The number of carbonyl (C=O) groups is 3. The quantitative estimate of drug-likeness (QED) is 0.321. The summed E-state index contributed by atoms with van der Waals surface area (Å²) in [6, 6.07) is 16.7. The summed E-state index contributed by atoms with van der Waals surface area (Å²) in [7, 11) is 0. The Morgan fingerprint density at radius 1 is 1.03 bits per heavy atom. The van der Waals surface area contributed by atoms with Crippen molar-refractivity contribution in [3.05, 3.63) is 78.6 Å². The number of ketones is 1. The molecular weight excluding hydrogens is 439 g/mol. The molecule has 0 saturated heterocycles. The molecule has 0 fully saturated rings. The first-order valence-electron chi connectivity index (χ1n) is 10.5. The normalized spacial score (nSPS) is 11.6. The topological polar surface area (TPSA) is 113 Å². The average molecular weight is 460 g/mol. The molecule has 0 aliphatic heterocycles. The Kier molecular flexibility index (Phi) is 6.63. The number of rotatable bonds is 7. The number of fused-ring (bicyclic) bond motifs is 1. The Labute approximate surface area is 194 Å². The number of pyridine rings is 1. The fourth-order valence-corrected chi connectivity index (χ4v) is 3.35. The van der Waals surface area contributed by atoms with Crippen molar-refractivity contribution in [2.24, 2.45) is 0 Å². The summed E-state index contributed by atoms with van der Waals surface area (Å²) < 4.78 is 19.0. The predicted octanol–water partition coefficient (Wildman–Crippen LogP) is 5.36. The number of aromatic nitrogens is 2. The second-order valence-corrected chi connectivity index (χ2v) is 7.39. The molecule has 2 amide bonds. The van der Waals surface area contributed by atoms with Crippen LogP contribution in [0.4, 0.5) is 20.6 Å². The van der Waals surface area contributed by atoms with Gasteiger partial charge in [-0.05, 0) is 23.8 Å². The molecule has 2 heterocycles. The smallest absolute Gasteiger partial charge is 0.410 e. The molecule has 0 bridgehead atoms. The number of ether oxygens (including phenoxy) is 1. The zero-order chi connectivity index (χ0) is 24.1. The van der Waals surface area contributed by atoms with Crippen molar-refractivity contribution in [1.82, 2.24) is 9.97 Å². The highest BCUT2D eigenvalue weighted by Gasteiger charge is 2.16. The van der Waals surface area contributed by atoms with Crippen LogP contribution in [0.1, 0.15) is 25.3 Å². The van der Waals surface area contributed by atoms with Gasteiger partial charge in [0.1, 0.15) is 5.65 Å². The highest BCUT2D eigenvalue weighted by molar-refractivity contribution is 6.40. The Morgan fingerprint density at radius 3 is 2.59 bits per heavy atom. The van der Waals surface area contributed by atoms with Crippen LogP contribution in [0, 0.1) is 0 Å². The van der Waals surface area contributed by atoms with Gasteiger partial charge >= 0.3 is 6.09 Å². The van der Waals surface area contributed by atoms with Crippen molar-refractivity contribution < 1.29 is 23.5 Å². The number of aromatic amines is 1. The molecule has 1 unspecified atom stereocenters. The minimum absolute atomic E-state index is 0.117. The van der Waals surface area contributed by atoms with E-state index >= 15 is 0 Å². The summed E-state index contributed by atoms with van der Waals surface area (Å²) in [5.41, 5.74) is 3.09. The molecule has 9 heteroatoms. The molecule has 0 aliphatic rings. The van der Waals surface area contributed by atoms with E-state index in [-0.39, 0.29) is 12.0 Å². The van der Waals surface area contributed by atoms with Crippen molar-refractivity contribution in [2.75, 3.05) is 10.6 Å². The maximum atomic E-state index is 14.2. The third-order valence-corrected chi connectivity index (χ3v) is 5.06. The highest BCUT2D eigenvalue weighted by Crippen LogP contribution is 2.31. The van der Waals surface area contributed by atoms with Crippen LogP contribution >= 0.6 is 0 Å². The molecule has 8 nitrogen and oxygen atoms in total. The molecule has 34 heavy (non-hydrogen) atoms. The molecule has 2 aromatic carbocycles. The van der Waals surface area contributed by atoms with Crippen LogP contribution in [0.25, 0.3) is 22.2 Å². The summed E-state index contributed by atoms with van der Waals surface area (Å²) >= 11 is 0. The van der Waals surface area contributed by atoms with Gasteiger partial charge in [-0.15, -0.1) is 0 Å². The van der Waals surface area contributed by atoms with Gasteiger partial charge in [0.25, 0.3) is 12.3 Å². The van der Waals surface area contributed by atoms with Gasteiger partial charge in [0.15, 0.2) is 0 Å². The molecule has 4 rings (SSSR count). The fraction of sp³-hybridized carbons (Fsp3) is 0.120. The van der Waals surface area contributed by atoms with E-state index in [1.807, 2.05) is 6.07 Å². The highest BCUT2D eigenvalue weighted by atomic mass is 19.1. The zero-order valence-corrected chi connectivity index (χ0v) is 18.2. The molecule has 1 atom stereocenters. The first-order valence-corrected chi connectivity index (χ1v) is 10.5. The predicted molar refractivity (Wildman–Crippen MR) is 126 cm³/mol. The van der Waals surface area contributed by atoms with E-state index in [1.165, 1.54) is 18.3 Å². The van der Waals surface area contributed by atoms with Crippen LogP contribution < -0.4 is 10.6 Å². The minimum Gasteiger partial charge on any atom is -0.410 e. The number of anilines is 2. The first-order chi connectivity index (χ1) is 16.4. The van der Waals surface area contributed by atoms with Crippen molar-refractivity contribution in [1.29, 1.82) is 0 Å². The van der Waals surface area contributed by atoms with Crippen LogP contribution in [0.15, 0.2) is 73.1 Å². The van der Waals surface area contributed by atoms with Gasteiger partial charge < -0.3 is 15.0 Å². The lowest BCUT2D eigenvalue weighted by Gasteiger charge is -2.11. The number of alkyl halides is 1.